The van der Waals surface area contributed by atoms with E-state index in [1.807, 2.05) is 21.1 Å². The van der Waals surface area contributed by atoms with Crippen LogP contribution in [0.1, 0.15) is 226 Å². The molecule has 0 saturated carbocycles. The Morgan fingerprint density at radius 2 is 0.903 bits per heavy atom. The van der Waals surface area contributed by atoms with Gasteiger partial charge in [-0.3, -0.25) is 9.59 Å². The molecule has 1 N–H and O–H groups in total. The van der Waals surface area contributed by atoms with Gasteiger partial charge in [0, 0.05) is 19.3 Å². The average Bonchev–Trinajstić information content (AvgIpc) is 3.23. The van der Waals surface area contributed by atoms with E-state index in [9.17, 15) is 19.5 Å². The lowest BCUT2D eigenvalue weighted by Crippen LogP contribution is -2.50. The molecule has 0 fully saturated rings. The molecule has 0 aliphatic heterocycles. The van der Waals surface area contributed by atoms with Crippen molar-refractivity contribution in [2.24, 2.45) is 0 Å². The summed E-state index contributed by atoms with van der Waals surface area (Å²) in [7, 11) is 5.52. The normalized spacial score (nSPS) is 13.2. The van der Waals surface area contributed by atoms with Gasteiger partial charge in [0.1, 0.15) is 6.61 Å². The molecule has 0 saturated heterocycles. The zero-order chi connectivity index (χ0) is 45.6. The standard InChI is InChI=1S/C54H97NO7/c1-6-8-10-12-14-16-18-20-22-24-25-26-27-28-29-31-32-34-36-38-40-42-44-52(56)61-49-50(48-60-47-46-51(54(58)59)55(3,4)5)62-53(57)45-43-41-39-37-35-33-30-23-21-19-17-15-13-11-9-7-2/h23-25,27-28,30,33,35,50-51H,6-22,26,29,31-32,34,36-49H2,1-5H3/p+1/b25-24+,28-27+,30-23+,35-33+. The molecule has 2 unspecified atom stereocenters. The van der Waals surface area contributed by atoms with Crippen LogP contribution in [0.2, 0.25) is 0 Å². The number of ether oxygens (including phenoxy) is 3. The molecule has 0 rings (SSSR count). The molecular weight excluding hydrogens is 775 g/mol. The number of rotatable bonds is 46. The summed E-state index contributed by atoms with van der Waals surface area (Å²) in [6.45, 7) is 4.71. The van der Waals surface area contributed by atoms with Crippen molar-refractivity contribution in [2.75, 3.05) is 41.0 Å². The Morgan fingerprint density at radius 1 is 0.500 bits per heavy atom. The van der Waals surface area contributed by atoms with Crippen LogP contribution in [0.4, 0.5) is 0 Å². The fraction of sp³-hybridized carbons (Fsp3) is 0.796. The number of carbonyl (C=O) groups is 3. The molecule has 0 aromatic rings. The van der Waals surface area contributed by atoms with Crippen LogP contribution in [0.25, 0.3) is 0 Å². The SMILES string of the molecule is CCCCCCCCC/C=C/C=C/CCCCCC(=O)OC(COCCC(C(=O)O)[N+](C)(C)C)COC(=O)CCCCCCCCC/C=C/C/C=C/CCCCCCCCCC. The van der Waals surface area contributed by atoms with Crippen molar-refractivity contribution < 1.29 is 38.2 Å². The Morgan fingerprint density at radius 3 is 1.35 bits per heavy atom. The Balaban J connectivity index is 4.28. The van der Waals surface area contributed by atoms with Gasteiger partial charge in [0.25, 0.3) is 0 Å². The number of nitrogens with zero attached hydrogens (tertiary/aromatic N) is 1. The number of carboxylic acid groups (broad SMARTS) is 1. The van der Waals surface area contributed by atoms with Gasteiger partial charge in [-0.15, -0.1) is 0 Å². The fourth-order valence-corrected chi connectivity index (χ4v) is 7.47. The molecule has 0 spiro atoms. The zero-order valence-electron chi connectivity index (χ0n) is 41.1. The molecule has 62 heavy (non-hydrogen) atoms. The van der Waals surface area contributed by atoms with Crippen LogP contribution in [-0.4, -0.2) is 80.6 Å². The van der Waals surface area contributed by atoms with Crippen LogP contribution in [0.3, 0.4) is 0 Å². The lowest BCUT2D eigenvalue weighted by Gasteiger charge is -2.31. The number of hydrogen-bond acceptors (Lipinski definition) is 6. The molecule has 360 valence electrons. The van der Waals surface area contributed by atoms with Crippen LogP contribution < -0.4 is 0 Å². The van der Waals surface area contributed by atoms with Crippen molar-refractivity contribution in [3.63, 3.8) is 0 Å². The molecule has 0 radical (unpaired) electrons. The van der Waals surface area contributed by atoms with Crippen molar-refractivity contribution >= 4 is 17.9 Å². The highest BCUT2D eigenvalue weighted by Crippen LogP contribution is 2.14. The monoisotopic (exact) mass is 873 g/mol. The number of aliphatic carboxylic acids is 1. The first-order valence-corrected chi connectivity index (χ1v) is 25.7. The van der Waals surface area contributed by atoms with Gasteiger partial charge >= 0.3 is 17.9 Å². The number of esters is 2. The topological polar surface area (TPSA) is 99.1 Å². The Labute approximate surface area is 382 Å². The molecule has 0 aliphatic rings. The minimum Gasteiger partial charge on any atom is -0.477 e. The maximum atomic E-state index is 12.8. The van der Waals surface area contributed by atoms with Gasteiger partial charge in [-0.05, 0) is 70.6 Å². The van der Waals surface area contributed by atoms with Gasteiger partial charge in [-0.1, -0.05) is 184 Å². The molecule has 0 aromatic heterocycles. The Hall–Kier alpha value is -2.71. The molecular formula is C54H98NO7+. The zero-order valence-corrected chi connectivity index (χ0v) is 41.1. The van der Waals surface area contributed by atoms with E-state index in [0.29, 0.717) is 19.3 Å². The average molecular weight is 873 g/mol. The minimum absolute atomic E-state index is 0.0476. The highest BCUT2D eigenvalue weighted by atomic mass is 16.6. The number of carbonyl (C=O) groups excluding carboxylic acids is 2. The van der Waals surface area contributed by atoms with Gasteiger partial charge in [-0.25, -0.2) is 4.79 Å². The summed E-state index contributed by atoms with van der Waals surface area (Å²) in [5.74, 6) is -1.51. The predicted molar refractivity (Wildman–Crippen MR) is 261 cm³/mol. The van der Waals surface area contributed by atoms with Gasteiger partial charge in [0.2, 0.25) is 0 Å². The molecule has 0 aliphatic carbocycles. The molecule has 0 amide bonds. The molecule has 8 nitrogen and oxygen atoms in total. The number of hydrogen-bond donors (Lipinski definition) is 1. The molecule has 0 heterocycles. The maximum absolute atomic E-state index is 12.8. The number of carboxylic acids is 1. The van der Waals surface area contributed by atoms with Gasteiger partial charge in [0.15, 0.2) is 12.1 Å². The van der Waals surface area contributed by atoms with Gasteiger partial charge in [-0.2, -0.15) is 0 Å². The second-order valence-corrected chi connectivity index (χ2v) is 18.4. The number of likely N-dealkylation sites (N-methyl/N-ethyl adjacent to an activating group) is 1. The quantitative estimate of drug-likeness (QED) is 0.0214. The predicted octanol–water partition coefficient (Wildman–Crippen LogP) is 14.8. The van der Waals surface area contributed by atoms with Crippen molar-refractivity contribution in [1.82, 2.24) is 0 Å². The largest absolute Gasteiger partial charge is 0.477 e. The molecule has 0 aromatic carbocycles. The fourth-order valence-electron chi connectivity index (χ4n) is 7.47. The van der Waals surface area contributed by atoms with E-state index in [-0.39, 0.29) is 36.2 Å². The van der Waals surface area contributed by atoms with E-state index in [2.05, 4.69) is 62.5 Å². The summed E-state index contributed by atoms with van der Waals surface area (Å²) in [5, 5.41) is 9.65. The summed E-state index contributed by atoms with van der Waals surface area (Å²) in [6, 6.07) is -0.622. The summed E-state index contributed by atoms with van der Waals surface area (Å²) >= 11 is 0. The lowest BCUT2D eigenvalue weighted by molar-refractivity contribution is -0.887. The van der Waals surface area contributed by atoms with Crippen LogP contribution >= 0.6 is 0 Å². The number of quaternary nitrogens is 1. The third kappa shape index (κ3) is 42.6. The Kier molecular flexibility index (Phi) is 42.9. The lowest BCUT2D eigenvalue weighted by atomic mass is 10.1. The highest BCUT2D eigenvalue weighted by Gasteiger charge is 2.31. The molecule has 0 bridgehead atoms. The molecule has 8 heteroatoms. The first-order valence-electron chi connectivity index (χ1n) is 25.7. The van der Waals surface area contributed by atoms with Crippen molar-refractivity contribution in [2.45, 2.75) is 238 Å². The van der Waals surface area contributed by atoms with Crippen molar-refractivity contribution in [3.8, 4) is 0 Å². The van der Waals surface area contributed by atoms with E-state index in [0.717, 1.165) is 64.2 Å². The van der Waals surface area contributed by atoms with E-state index in [1.54, 1.807) is 0 Å². The van der Waals surface area contributed by atoms with Crippen LogP contribution in [0.5, 0.6) is 0 Å². The first-order chi connectivity index (χ1) is 30.1. The van der Waals surface area contributed by atoms with E-state index in [4.69, 9.17) is 14.2 Å². The second kappa shape index (κ2) is 44.9. The smallest absolute Gasteiger partial charge is 0.362 e. The Bertz CT molecular complexity index is 1150. The van der Waals surface area contributed by atoms with Crippen LogP contribution in [-0.2, 0) is 28.6 Å². The summed E-state index contributed by atoms with van der Waals surface area (Å²) in [4.78, 5) is 37.1. The maximum Gasteiger partial charge on any atom is 0.362 e. The van der Waals surface area contributed by atoms with Crippen LogP contribution in [0.15, 0.2) is 48.6 Å². The third-order valence-corrected chi connectivity index (χ3v) is 11.5. The van der Waals surface area contributed by atoms with Gasteiger partial charge < -0.3 is 23.8 Å². The summed E-state index contributed by atoms with van der Waals surface area (Å²) < 4.78 is 17.3. The van der Waals surface area contributed by atoms with E-state index in [1.165, 1.54) is 128 Å². The highest BCUT2D eigenvalue weighted by molar-refractivity contribution is 5.72. The summed E-state index contributed by atoms with van der Waals surface area (Å²) in [6.07, 6.45) is 54.5. The van der Waals surface area contributed by atoms with Crippen molar-refractivity contribution in [1.29, 1.82) is 0 Å². The van der Waals surface area contributed by atoms with Crippen molar-refractivity contribution in [3.05, 3.63) is 48.6 Å². The van der Waals surface area contributed by atoms with E-state index < -0.39 is 18.1 Å². The van der Waals surface area contributed by atoms with Gasteiger partial charge in [0.05, 0.1) is 34.4 Å². The second-order valence-electron chi connectivity index (χ2n) is 18.4. The number of unbranched alkanes of at least 4 members (excludes halogenated alkanes) is 25. The van der Waals surface area contributed by atoms with E-state index >= 15 is 0 Å². The first kappa shape index (κ1) is 59.3. The minimum atomic E-state index is -0.880. The summed E-state index contributed by atoms with van der Waals surface area (Å²) in [5.41, 5.74) is 0. The third-order valence-electron chi connectivity index (χ3n) is 11.5. The number of allylic oxidation sites excluding steroid dienone is 8. The van der Waals surface area contributed by atoms with Crippen LogP contribution in [0, 0.1) is 0 Å². The molecule has 2 atom stereocenters.